The molecule has 0 radical (unpaired) electrons. The Balaban J connectivity index is 1.58. The summed E-state index contributed by atoms with van der Waals surface area (Å²) in [5.41, 5.74) is 3.15. The van der Waals surface area contributed by atoms with Crippen LogP contribution in [0.2, 0.25) is 0 Å². The van der Waals surface area contributed by atoms with Crippen molar-refractivity contribution in [3.8, 4) is 11.5 Å². The molecule has 2 aromatic carbocycles. The summed E-state index contributed by atoms with van der Waals surface area (Å²) in [5.74, 6) is 1.73. The third kappa shape index (κ3) is 4.61. The van der Waals surface area contributed by atoms with E-state index in [4.69, 9.17) is 9.47 Å². The van der Waals surface area contributed by atoms with Crippen LogP contribution in [0, 0.1) is 0 Å². The first-order valence-corrected chi connectivity index (χ1v) is 9.11. The van der Waals surface area contributed by atoms with Crippen LogP contribution in [0.4, 0.5) is 5.69 Å². The van der Waals surface area contributed by atoms with Gasteiger partial charge in [0.2, 0.25) is 5.91 Å². The summed E-state index contributed by atoms with van der Waals surface area (Å²) in [6, 6.07) is 15.8. The molecule has 0 atom stereocenters. The summed E-state index contributed by atoms with van der Waals surface area (Å²) >= 11 is 0. The molecule has 5 nitrogen and oxygen atoms in total. The summed E-state index contributed by atoms with van der Waals surface area (Å²) in [6.45, 7) is 5.06. The van der Waals surface area contributed by atoms with E-state index < -0.39 is 0 Å². The molecule has 0 saturated carbocycles. The molecule has 142 valence electrons. The van der Waals surface area contributed by atoms with Crippen molar-refractivity contribution in [2.45, 2.75) is 6.92 Å². The van der Waals surface area contributed by atoms with E-state index in [0.29, 0.717) is 0 Å². The van der Waals surface area contributed by atoms with Gasteiger partial charge in [-0.1, -0.05) is 12.1 Å². The number of hydrogen-bond donors (Lipinski definition) is 0. The van der Waals surface area contributed by atoms with Crippen LogP contribution >= 0.6 is 0 Å². The zero-order valence-electron chi connectivity index (χ0n) is 16.1. The molecule has 0 N–H and O–H groups in total. The average molecular weight is 366 g/mol. The second-order valence-electron chi connectivity index (χ2n) is 6.57. The predicted octanol–water partition coefficient (Wildman–Crippen LogP) is 3.46. The average Bonchev–Trinajstić information content (AvgIpc) is 2.74. The van der Waals surface area contributed by atoms with Gasteiger partial charge in [-0.25, -0.2) is 0 Å². The van der Waals surface area contributed by atoms with Gasteiger partial charge in [0.25, 0.3) is 0 Å². The molecule has 0 unspecified atom stereocenters. The molecule has 0 bridgehead atoms. The lowest BCUT2D eigenvalue weighted by Gasteiger charge is -2.35. The number of anilines is 1. The normalized spacial score (nSPS) is 14.9. The van der Waals surface area contributed by atoms with E-state index in [0.717, 1.165) is 54.5 Å². The van der Waals surface area contributed by atoms with Crippen molar-refractivity contribution < 1.29 is 14.3 Å². The second-order valence-corrected chi connectivity index (χ2v) is 6.57. The Morgan fingerprint density at radius 2 is 1.37 bits per heavy atom. The standard InChI is InChI=1S/C22H26N2O3/c1-17(18-4-8-20(26-2)9-5-18)16-22(25)24-14-12-23(13-15-24)19-6-10-21(27-3)11-7-19/h4-11,16H,12-15H2,1-3H3/b17-16+. The van der Waals surface area contributed by atoms with Gasteiger partial charge < -0.3 is 19.3 Å². The quantitative estimate of drug-likeness (QED) is 0.760. The largest absolute Gasteiger partial charge is 0.497 e. The Bertz CT molecular complexity index is 789. The summed E-state index contributed by atoms with van der Waals surface area (Å²) in [7, 11) is 3.31. The minimum Gasteiger partial charge on any atom is -0.497 e. The molecule has 2 aromatic rings. The highest BCUT2D eigenvalue weighted by molar-refractivity contribution is 5.95. The zero-order valence-corrected chi connectivity index (χ0v) is 16.1. The van der Waals surface area contributed by atoms with Crippen molar-refractivity contribution in [2.24, 2.45) is 0 Å². The van der Waals surface area contributed by atoms with Crippen LogP contribution < -0.4 is 14.4 Å². The number of methoxy groups -OCH3 is 2. The minimum atomic E-state index is 0.0673. The molecular formula is C22H26N2O3. The monoisotopic (exact) mass is 366 g/mol. The summed E-state index contributed by atoms with van der Waals surface area (Å²) < 4.78 is 10.4. The molecule has 5 heteroatoms. The minimum absolute atomic E-state index is 0.0673. The number of hydrogen-bond acceptors (Lipinski definition) is 4. The van der Waals surface area contributed by atoms with E-state index in [9.17, 15) is 4.79 Å². The molecule has 0 aliphatic carbocycles. The second kappa shape index (κ2) is 8.62. The van der Waals surface area contributed by atoms with Gasteiger partial charge in [0.15, 0.2) is 0 Å². The van der Waals surface area contributed by atoms with Gasteiger partial charge in [0.05, 0.1) is 14.2 Å². The number of amides is 1. The van der Waals surface area contributed by atoms with Gasteiger partial charge in [0, 0.05) is 37.9 Å². The number of allylic oxidation sites excluding steroid dienone is 1. The fourth-order valence-electron chi connectivity index (χ4n) is 3.19. The molecule has 1 fully saturated rings. The van der Waals surface area contributed by atoms with Crippen LogP contribution in [-0.2, 0) is 4.79 Å². The first-order chi connectivity index (χ1) is 13.1. The lowest BCUT2D eigenvalue weighted by molar-refractivity contribution is -0.126. The maximum Gasteiger partial charge on any atom is 0.246 e. The van der Waals surface area contributed by atoms with Crippen molar-refractivity contribution in [1.29, 1.82) is 0 Å². The summed E-state index contributed by atoms with van der Waals surface area (Å²) in [6.07, 6.45) is 1.73. The zero-order chi connectivity index (χ0) is 19.2. The molecule has 1 saturated heterocycles. The Hall–Kier alpha value is -2.95. The molecule has 1 aliphatic heterocycles. The molecule has 27 heavy (non-hydrogen) atoms. The topological polar surface area (TPSA) is 42.0 Å². The van der Waals surface area contributed by atoms with Gasteiger partial charge in [-0.15, -0.1) is 0 Å². The fourth-order valence-corrected chi connectivity index (χ4v) is 3.19. The Labute approximate surface area is 160 Å². The first kappa shape index (κ1) is 18.8. The summed E-state index contributed by atoms with van der Waals surface area (Å²) in [5, 5.41) is 0. The Morgan fingerprint density at radius 1 is 0.852 bits per heavy atom. The Kier molecular flexibility index (Phi) is 6.01. The molecule has 3 rings (SSSR count). The van der Waals surface area contributed by atoms with Crippen LogP contribution in [0.3, 0.4) is 0 Å². The number of piperazine rings is 1. The number of nitrogens with zero attached hydrogens (tertiary/aromatic N) is 2. The van der Waals surface area contributed by atoms with E-state index in [-0.39, 0.29) is 5.91 Å². The highest BCUT2D eigenvalue weighted by Gasteiger charge is 2.20. The smallest absolute Gasteiger partial charge is 0.246 e. The highest BCUT2D eigenvalue weighted by Crippen LogP contribution is 2.21. The van der Waals surface area contributed by atoms with Gasteiger partial charge in [-0.2, -0.15) is 0 Å². The van der Waals surface area contributed by atoms with Crippen LogP contribution in [-0.4, -0.2) is 51.2 Å². The molecule has 0 spiro atoms. The van der Waals surface area contributed by atoms with E-state index in [1.165, 1.54) is 0 Å². The SMILES string of the molecule is COc1ccc(/C(C)=C/C(=O)N2CCN(c3ccc(OC)cc3)CC2)cc1. The van der Waals surface area contributed by atoms with Gasteiger partial charge in [-0.05, 0) is 54.5 Å². The lowest BCUT2D eigenvalue weighted by atomic mass is 10.1. The number of rotatable bonds is 5. The predicted molar refractivity (Wildman–Crippen MR) is 108 cm³/mol. The van der Waals surface area contributed by atoms with Gasteiger partial charge in [0.1, 0.15) is 11.5 Å². The molecule has 1 heterocycles. The summed E-state index contributed by atoms with van der Waals surface area (Å²) in [4.78, 5) is 16.8. The third-order valence-corrected chi connectivity index (χ3v) is 4.91. The van der Waals surface area contributed by atoms with Crippen molar-refractivity contribution in [2.75, 3.05) is 45.3 Å². The number of carbonyl (C=O) groups excluding carboxylic acids is 1. The van der Waals surface area contributed by atoms with E-state index in [2.05, 4.69) is 17.0 Å². The van der Waals surface area contributed by atoms with Crippen molar-refractivity contribution in [3.63, 3.8) is 0 Å². The first-order valence-electron chi connectivity index (χ1n) is 9.11. The van der Waals surface area contributed by atoms with Crippen molar-refractivity contribution in [1.82, 2.24) is 4.90 Å². The number of benzene rings is 2. The van der Waals surface area contributed by atoms with E-state index in [1.807, 2.05) is 48.2 Å². The molecule has 0 aromatic heterocycles. The fraction of sp³-hybridized carbons (Fsp3) is 0.318. The maximum atomic E-state index is 12.6. The maximum absolute atomic E-state index is 12.6. The van der Waals surface area contributed by atoms with Gasteiger partial charge in [-0.3, -0.25) is 4.79 Å². The third-order valence-electron chi connectivity index (χ3n) is 4.91. The van der Waals surface area contributed by atoms with Crippen LogP contribution in [0.15, 0.2) is 54.6 Å². The molecule has 1 amide bonds. The van der Waals surface area contributed by atoms with E-state index in [1.54, 1.807) is 20.3 Å². The van der Waals surface area contributed by atoms with Crippen LogP contribution in [0.1, 0.15) is 12.5 Å². The molecule has 1 aliphatic rings. The van der Waals surface area contributed by atoms with E-state index >= 15 is 0 Å². The Morgan fingerprint density at radius 3 is 1.89 bits per heavy atom. The highest BCUT2D eigenvalue weighted by atomic mass is 16.5. The van der Waals surface area contributed by atoms with Crippen LogP contribution in [0.25, 0.3) is 5.57 Å². The number of carbonyl (C=O) groups is 1. The van der Waals surface area contributed by atoms with Crippen LogP contribution in [0.5, 0.6) is 11.5 Å². The van der Waals surface area contributed by atoms with Gasteiger partial charge >= 0.3 is 0 Å². The van der Waals surface area contributed by atoms with Crippen molar-refractivity contribution in [3.05, 3.63) is 60.2 Å². The lowest BCUT2D eigenvalue weighted by Crippen LogP contribution is -2.48. The number of ether oxygens (including phenoxy) is 2. The van der Waals surface area contributed by atoms with Crippen molar-refractivity contribution >= 4 is 17.2 Å². The molecular weight excluding hydrogens is 340 g/mol.